The Balaban J connectivity index is 6.29. The molecule has 0 aliphatic rings. The molecule has 0 saturated heterocycles. The van der Waals surface area contributed by atoms with Crippen LogP contribution in [0.15, 0.2) is 0 Å². The van der Waals surface area contributed by atoms with E-state index in [-0.39, 0.29) is 0 Å². The monoisotopic (exact) mass is 313 g/mol. The molecule has 0 rings (SSSR count). The zero-order valence-corrected chi connectivity index (χ0v) is 15.8. The van der Waals surface area contributed by atoms with Gasteiger partial charge in [-0.3, -0.25) is 0 Å². The molecule has 0 saturated carbocycles. The fourth-order valence-electron chi connectivity index (χ4n) is 2.05. The van der Waals surface area contributed by atoms with Gasteiger partial charge in [0.15, 0.2) is 0 Å². The maximum atomic E-state index is 13.2. The summed E-state index contributed by atoms with van der Waals surface area (Å²) in [5, 5.41) is 0. The van der Waals surface area contributed by atoms with Crippen molar-refractivity contribution in [3.05, 3.63) is 0 Å². The van der Waals surface area contributed by atoms with Crippen LogP contribution in [-0.4, -0.2) is 93.8 Å². The molecule has 0 fully saturated rings. The van der Waals surface area contributed by atoms with Crippen molar-refractivity contribution in [2.75, 3.05) is 70.5 Å². The lowest BCUT2D eigenvalue weighted by Gasteiger charge is -2.37. The van der Waals surface area contributed by atoms with E-state index in [0.717, 1.165) is 0 Å². The molecule has 0 amide bonds. The molecule has 19 heavy (non-hydrogen) atoms. The molecule has 7 nitrogen and oxygen atoms in total. The normalized spacial score (nSPS) is 14.3. The molecule has 0 bridgehead atoms. The summed E-state index contributed by atoms with van der Waals surface area (Å²) in [4.78, 5) is 0. The van der Waals surface area contributed by atoms with Crippen LogP contribution in [0.1, 0.15) is 0 Å². The van der Waals surface area contributed by atoms with Crippen LogP contribution < -0.4 is 4.52 Å². The molecule has 0 atom stereocenters. The van der Waals surface area contributed by atoms with E-state index >= 15 is 0 Å². The van der Waals surface area contributed by atoms with E-state index in [1.54, 1.807) is 9.34 Å². The van der Waals surface area contributed by atoms with Crippen LogP contribution >= 0.6 is 15.1 Å². The summed E-state index contributed by atoms with van der Waals surface area (Å²) < 4.78 is 26.5. The summed E-state index contributed by atoms with van der Waals surface area (Å²) in [6.07, 6.45) is 0. The molecule has 0 aliphatic heterocycles. The molecule has 116 valence electrons. The van der Waals surface area contributed by atoms with Crippen molar-refractivity contribution in [2.45, 2.75) is 0 Å². The first kappa shape index (κ1) is 19.3. The Labute approximate surface area is 118 Å². The third kappa shape index (κ3) is 3.67. The predicted molar refractivity (Wildman–Crippen MR) is 83.9 cm³/mol. The molecule has 1 N–H and O–H groups in total. The maximum absolute atomic E-state index is 13.2. The van der Waals surface area contributed by atoms with E-state index in [1.807, 2.05) is 70.5 Å². The zero-order chi connectivity index (χ0) is 15.6. The van der Waals surface area contributed by atoms with Crippen LogP contribution in [0, 0.1) is 0 Å². The molecule has 0 heterocycles. The van der Waals surface area contributed by atoms with Crippen LogP contribution in [0.25, 0.3) is 0 Å². The van der Waals surface area contributed by atoms with Gasteiger partial charge in [-0.15, -0.1) is 0 Å². The molecule has 0 aromatic carbocycles. The minimum atomic E-state index is -2.81. The van der Waals surface area contributed by atoms with Gasteiger partial charge in [-0.1, -0.05) is 0 Å². The molecule has 0 aromatic heterocycles. The standard InChI is InChI=1S/C10H30N6OP2/c1-12(2)18(13(3)4,14(5)6)11-19(17,15(7)8)16(9)10/h1-10H3/p+1. The van der Waals surface area contributed by atoms with E-state index in [9.17, 15) is 4.57 Å². The predicted octanol–water partition coefficient (Wildman–Crippen LogP) is -0.0707. The highest BCUT2D eigenvalue weighted by molar-refractivity contribution is 7.62. The van der Waals surface area contributed by atoms with Crippen LogP contribution in [0.5, 0.6) is 0 Å². The molecule has 0 spiro atoms. The highest BCUT2D eigenvalue weighted by atomic mass is 31.2. The van der Waals surface area contributed by atoms with Gasteiger partial charge >= 0.3 is 15.1 Å². The van der Waals surface area contributed by atoms with Crippen LogP contribution in [0.3, 0.4) is 0 Å². The fraction of sp³-hybridized carbons (Fsp3) is 1.00. The van der Waals surface area contributed by atoms with Crippen molar-refractivity contribution >= 4 is 15.1 Å². The van der Waals surface area contributed by atoms with Crippen molar-refractivity contribution in [3.8, 4) is 0 Å². The van der Waals surface area contributed by atoms with Gasteiger partial charge in [0.25, 0.3) is 0 Å². The Morgan fingerprint density at radius 1 is 0.579 bits per heavy atom. The van der Waals surface area contributed by atoms with Crippen LogP contribution in [0.2, 0.25) is 0 Å². The Morgan fingerprint density at radius 3 is 1.00 bits per heavy atom. The number of nitrogens with one attached hydrogen (secondary N) is 1. The van der Waals surface area contributed by atoms with E-state index in [1.165, 1.54) is 0 Å². The third-order valence-corrected chi connectivity index (χ3v) is 10.7. The quantitative estimate of drug-likeness (QED) is 0.693. The van der Waals surface area contributed by atoms with Crippen molar-refractivity contribution in [3.63, 3.8) is 0 Å². The highest BCUT2D eigenvalue weighted by Crippen LogP contribution is 2.51. The largest absolute Gasteiger partial charge is 0.465 e. The molecular formula is C10H31N6OP2+. The molecular weight excluding hydrogens is 282 g/mol. The zero-order valence-electron chi connectivity index (χ0n) is 14.0. The second-order valence-electron chi connectivity index (χ2n) is 5.45. The molecule has 0 aromatic rings. The van der Waals surface area contributed by atoms with Crippen molar-refractivity contribution < 1.29 is 9.08 Å². The lowest BCUT2D eigenvalue weighted by Crippen LogP contribution is -2.71. The van der Waals surface area contributed by atoms with Gasteiger partial charge in [-0.2, -0.15) is 13.9 Å². The second-order valence-corrected chi connectivity index (χ2v) is 12.5. The molecule has 9 heteroatoms. The number of rotatable bonds is 6. The average molecular weight is 313 g/mol. The Morgan fingerprint density at radius 2 is 0.842 bits per heavy atom. The van der Waals surface area contributed by atoms with E-state index in [4.69, 9.17) is 0 Å². The first-order chi connectivity index (χ1) is 8.42. The lowest BCUT2D eigenvalue weighted by molar-refractivity contribution is -0.284. The second kappa shape index (κ2) is 6.81. The van der Waals surface area contributed by atoms with E-state index < -0.39 is 15.1 Å². The van der Waals surface area contributed by atoms with Gasteiger partial charge < -0.3 is 0 Å². The van der Waals surface area contributed by atoms with E-state index in [0.29, 0.717) is 0 Å². The highest BCUT2D eigenvalue weighted by Gasteiger charge is 2.44. The molecule has 0 aliphatic carbocycles. The smallest absolute Gasteiger partial charge is 0.217 e. The Hall–Kier alpha value is 0.260. The Kier molecular flexibility index (Phi) is 6.90. The first-order valence-corrected chi connectivity index (χ1v) is 9.36. The van der Waals surface area contributed by atoms with Crippen molar-refractivity contribution in [1.82, 2.24) is 23.4 Å². The lowest BCUT2D eigenvalue weighted by atomic mass is 11.2. The summed E-state index contributed by atoms with van der Waals surface area (Å²) in [5.41, 5.74) is 0. The van der Waals surface area contributed by atoms with Crippen LogP contribution in [-0.2, 0) is 4.57 Å². The fourth-order valence-corrected chi connectivity index (χ4v) is 9.89. The topological polar surface area (TPSA) is 47.2 Å². The van der Waals surface area contributed by atoms with Gasteiger partial charge in [0.1, 0.15) is 0 Å². The average Bonchev–Trinajstić information content (AvgIpc) is 2.23. The maximum Gasteiger partial charge on any atom is 0.465 e. The van der Waals surface area contributed by atoms with Gasteiger partial charge in [0.2, 0.25) is 0 Å². The summed E-state index contributed by atoms with van der Waals surface area (Å²) in [7, 11) is 14.6. The third-order valence-electron chi connectivity index (χ3n) is 3.02. The summed E-state index contributed by atoms with van der Waals surface area (Å²) in [5.74, 6) is 0. The summed E-state index contributed by atoms with van der Waals surface area (Å²) in [6.45, 7) is 0. The summed E-state index contributed by atoms with van der Waals surface area (Å²) in [6, 6.07) is 0. The summed E-state index contributed by atoms with van der Waals surface area (Å²) >= 11 is 0. The minimum Gasteiger partial charge on any atom is -0.217 e. The number of hydrogen-bond acceptors (Lipinski definition) is 1. The molecule has 0 unspecified atom stereocenters. The number of nitrogens with zero attached hydrogens (tertiary/aromatic N) is 5. The van der Waals surface area contributed by atoms with Crippen LogP contribution in [0.4, 0.5) is 0 Å². The van der Waals surface area contributed by atoms with Gasteiger partial charge in [0.05, 0.1) is 0 Å². The first-order valence-electron chi connectivity index (χ1n) is 6.10. The van der Waals surface area contributed by atoms with E-state index in [2.05, 4.69) is 18.5 Å². The van der Waals surface area contributed by atoms with Crippen molar-refractivity contribution in [1.29, 1.82) is 0 Å². The minimum absolute atomic E-state index is 1.76. The molecule has 0 radical (unpaired) electrons. The number of hydrogen-bond donors (Lipinski definition) is 1. The van der Waals surface area contributed by atoms with Gasteiger partial charge in [-0.05, 0) is 70.5 Å². The van der Waals surface area contributed by atoms with Gasteiger partial charge in [0, 0.05) is 0 Å². The SMILES string of the molecule is CN(C)P(=O)([NH+]=P(N(C)C)(N(C)C)N(C)C)N(C)C. The van der Waals surface area contributed by atoms with Crippen molar-refractivity contribution in [2.24, 2.45) is 0 Å². The Bertz CT molecular complexity index is 351. The van der Waals surface area contributed by atoms with Gasteiger partial charge in [-0.25, -0.2) is 18.6 Å².